The third-order valence-corrected chi connectivity index (χ3v) is 6.05. The number of aromatic nitrogens is 1. The van der Waals surface area contributed by atoms with Gasteiger partial charge in [0.25, 0.3) is 11.5 Å². The van der Waals surface area contributed by atoms with E-state index in [-0.39, 0.29) is 11.3 Å². The Morgan fingerprint density at radius 3 is 2.59 bits per heavy atom. The Bertz CT molecular complexity index is 1150. The first-order chi connectivity index (χ1) is 13.1. The molecule has 1 aromatic carbocycles. The molecule has 0 saturated heterocycles. The fraction of sp³-hybridized carbons (Fsp3) is 0.100. The van der Waals surface area contributed by atoms with Crippen molar-refractivity contribution in [2.45, 2.75) is 13.1 Å². The Balaban J connectivity index is 1.76. The molecule has 1 amide bonds. The van der Waals surface area contributed by atoms with E-state index in [4.69, 9.17) is 0 Å². The number of nitrogens with one attached hydrogen (secondary N) is 1. The Kier molecular flexibility index (Phi) is 4.79. The topological polar surface area (TPSA) is 71.3 Å². The molecule has 5 nitrogen and oxygen atoms in total. The van der Waals surface area contributed by atoms with Gasteiger partial charge in [0.1, 0.15) is 5.56 Å². The molecular formula is C20H16N2O3S2. The van der Waals surface area contributed by atoms with Crippen LogP contribution in [0.15, 0.2) is 64.1 Å². The molecule has 4 aromatic rings. The molecule has 0 spiro atoms. The van der Waals surface area contributed by atoms with Crippen molar-refractivity contribution in [3.05, 3.63) is 85.6 Å². The number of carbonyl (C=O) groups is 1. The molecule has 0 radical (unpaired) electrons. The van der Waals surface area contributed by atoms with Gasteiger partial charge in [-0.3, -0.25) is 9.59 Å². The second-order valence-electron chi connectivity index (χ2n) is 6.00. The van der Waals surface area contributed by atoms with Crippen LogP contribution in [0.5, 0.6) is 5.75 Å². The molecule has 27 heavy (non-hydrogen) atoms. The molecule has 0 saturated carbocycles. The van der Waals surface area contributed by atoms with Crippen molar-refractivity contribution in [2.75, 3.05) is 0 Å². The van der Waals surface area contributed by atoms with Gasteiger partial charge in [-0.2, -0.15) is 0 Å². The molecule has 0 aliphatic heterocycles. The number of carbonyl (C=O) groups excluding carboxylic acids is 1. The highest BCUT2D eigenvalue weighted by Gasteiger charge is 2.23. The molecule has 0 unspecified atom stereocenters. The first-order valence-electron chi connectivity index (χ1n) is 8.32. The van der Waals surface area contributed by atoms with E-state index in [0.717, 1.165) is 10.4 Å². The van der Waals surface area contributed by atoms with Crippen LogP contribution in [-0.2, 0) is 13.1 Å². The third kappa shape index (κ3) is 3.39. The Morgan fingerprint density at radius 1 is 1.04 bits per heavy atom. The van der Waals surface area contributed by atoms with Gasteiger partial charge in [0, 0.05) is 4.88 Å². The van der Waals surface area contributed by atoms with E-state index >= 15 is 0 Å². The van der Waals surface area contributed by atoms with E-state index in [1.165, 1.54) is 22.7 Å². The van der Waals surface area contributed by atoms with Crippen molar-refractivity contribution in [3.8, 4) is 5.75 Å². The number of pyridine rings is 1. The first-order valence-corrected chi connectivity index (χ1v) is 10.1. The lowest BCUT2D eigenvalue weighted by atomic mass is 10.1. The maximum absolute atomic E-state index is 13.1. The number of rotatable bonds is 5. The van der Waals surface area contributed by atoms with Crippen molar-refractivity contribution in [1.29, 1.82) is 0 Å². The van der Waals surface area contributed by atoms with Gasteiger partial charge in [-0.15, -0.1) is 22.7 Å². The van der Waals surface area contributed by atoms with Gasteiger partial charge in [0.15, 0.2) is 5.75 Å². The van der Waals surface area contributed by atoms with Gasteiger partial charge in [-0.05, 0) is 28.5 Å². The van der Waals surface area contributed by atoms with Gasteiger partial charge in [0.05, 0.1) is 23.3 Å². The summed E-state index contributed by atoms with van der Waals surface area (Å²) in [6, 6.07) is 15.2. The van der Waals surface area contributed by atoms with Crippen molar-refractivity contribution >= 4 is 38.8 Å². The highest BCUT2D eigenvalue weighted by atomic mass is 32.1. The van der Waals surface area contributed by atoms with Gasteiger partial charge in [-0.1, -0.05) is 36.4 Å². The van der Waals surface area contributed by atoms with E-state index in [9.17, 15) is 14.7 Å². The van der Waals surface area contributed by atoms with Crippen LogP contribution < -0.4 is 10.9 Å². The van der Waals surface area contributed by atoms with Crippen molar-refractivity contribution < 1.29 is 9.90 Å². The largest absolute Gasteiger partial charge is 0.505 e. The number of benzene rings is 1. The summed E-state index contributed by atoms with van der Waals surface area (Å²) in [7, 11) is 0. The minimum absolute atomic E-state index is 0.211. The molecule has 0 bridgehead atoms. The van der Waals surface area contributed by atoms with Crippen LogP contribution in [0.1, 0.15) is 20.8 Å². The number of nitrogens with zero attached hydrogens (tertiary/aromatic N) is 1. The zero-order valence-electron chi connectivity index (χ0n) is 14.2. The molecule has 136 valence electrons. The van der Waals surface area contributed by atoms with Crippen LogP contribution in [0, 0.1) is 0 Å². The van der Waals surface area contributed by atoms with Crippen molar-refractivity contribution in [3.63, 3.8) is 0 Å². The van der Waals surface area contributed by atoms with Crippen LogP contribution in [0.2, 0.25) is 0 Å². The Labute approximate surface area is 163 Å². The summed E-state index contributed by atoms with van der Waals surface area (Å²) in [5, 5.41) is 17.0. The number of thiophene rings is 2. The van der Waals surface area contributed by atoms with E-state index in [1.54, 1.807) is 16.0 Å². The Hall–Kier alpha value is -2.90. The first kappa shape index (κ1) is 17.5. The standard InChI is InChI=1S/C20H16N2O3S2/c23-17-16(19(24)21-11-14-7-4-9-26-14)20(25)22(15-8-10-27-18(15)17)12-13-5-2-1-3-6-13/h1-10,23H,11-12H2,(H,21,24). The fourth-order valence-corrected chi connectivity index (χ4v) is 4.44. The summed E-state index contributed by atoms with van der Waals surface area (Å²) in [4.78, 5) is 26.7. The monoisotopic (exact) mass is 396 g/mol. The maximum Gasteiger partial charge on any atom is 0.268 e. The number of hydrogen-bond donors (Lipinski definition) is 2. The summed E-state index contributed by atoms with van der Waals surface area (Å²) < 4.78 is 2.08. The quantitative estimate of drug-likeness (QED) is 0.539. The fourth-order valence-electron chi connectivity index (χ4n) is 2.95. The van der Waals surface area contributed by atoms with Gasteiger partial charge in [0.2, 0.25) is 0 Å². The lowest BCUT2D eigenvalue weighted by Gasteiger charge is -2.13. The molecule has 0 atom stereocenters. The van der Waals surface area contributed by atoms with Crippen LogP contribution >= 0.6 is 22.7 Å². The number of aromatic hydroxyl groups is 1. The highest BCUT2D eigenvalue weighted by Crippen LogP contribution is 2.31. The lowest BCUT2D eigenvalue weighted by molar-refractivity contribution is 0.0947. The van der Waals surface area contributed by atoms with E-state index in [0.29, 0.717) is 23.3 Å². The minimum atomic E-state index is -0.567. The van der Waals surface area contributed by atoms with E-state index in [2.05, 4.69) is 5.32 Å². The smallest absolute Gasteiger partial charge is 0.268 e. The average Bonchev–Trinajstić information content (AvgIpc) is 3.36. The third-order valence-electron chi connectivity index (χ3n) is 4.26. The average molecular weight is 396 g/mol. The zero-order chi connectivity index (χ0) is 18.8. The van der Waals surface area contributed by atoms with Crippen LogP contribution in [0.4, 0.5) is 0 Å². The molecule has 2 N–H and O–H groups in total. The highest BCUT2D eigenvalue weighted by molar-refractivity contribution is 7.17. The summed E-state index contributed by atoms with van der Waals surface area (Å²) in [5.41, 5.74) is 0.868. The zero-order valence-corrected chi connectivity index (χ0v) is 15.8. The minimum Gasteiger partial charge on any atom is -0.505 e. The Morgan fingerprint density at radius 2 is 1.85 bits per heavy atom. The number of amides is 1. The van der Waals surface area contributed by atoms with E-state index < -0.39 is 11.5 Å². The second kappa shape index (κ2) is 7.38. The molecule has 0 aliphatic carbocycles. The molecule has 4 rings (SSSR count). The lowest BCUT2D eigenvalue weighted by Crippen LogP contribution is -2.33. The summed E-state index contributed by atoms with van der Waals surface area (Å²) in [5.74, 6) is -0.819. The molecule has 0 aliphatic rings. The van der Waals surface area contributed by atoms with Crippen LogP contribution in [0.3, 0.4) is 0 Å². The van der Waals surface area contributed by atoms with Crippen molar-refractivity contribution in [1.82, 2.24) is 9.88 Å². The molecule has 7 heteroatoms. The van der Waals surface area contributed by atoms with Gasteiger partial charge in [-0.25, -0.2) is 0 Å². The summed E-state index contributed by atoms with van der Waals surface area (Å²) in [6.45, 7) is 0.648. The van der Waals surface area contributed by atoms with Crippen LogP contribution in [-0.4, -0.2) is 15.6 Å². The molecular weight excluding hydrogens is 380 g/mol. The predicted octanol–water partition coefficient (Wildman–Crippen LogP) is 3.81. The van der Waals surface area contributed by atoms with Gasteiger partial charge < -0.3 is 15.0 Å². The molecule has 3 heterocycles. The number of hydrogen-bond acceptors (Lipinski definition) is 5. The predicted molar refractivity (Wildman–Crippen MR) is 109 cm³/mol. The molecule has 3 aromatic heterocycles. The van der Waals surface area contributed by atoms with Crippen LogP contribution in [0.25, 0.3) is 10.2 Å². The second-order valence-corrected chi connectivity index (χ2v) is 7.95. The van der Waals surface area contributed by atoms with Crippen molar-refractivity contribution in [2.24, 2.45) is 0 Å². The summed E-state index contributed by atoms with van der Waals surface area (Å²) >= 11 is 2.83. The number of fused-ring (bicyclic) bond motifs is 1. The van der Waals surface area contributed by atoms with E-state index in [1.807, 2.05) is 47.8 Å². The normalized spacial score (nSPS) is 11.0. The SMILES string of the molecule is O=C(NCc1cccs1)c1c(O)c2sccc2n(Cc2ccccc2)c1=O. The molecule has 0 fully saturated rings. The maximum atomic E-state index is 13.1. The van der Waals surface area contributed by atoms with Gasteiger partial charge >= 0.3 is 0 Å². The summed E-state index contributed by atoms with van der Waals surface area (Å²) in [6.07, 6.45) is 0.